The molecule has 0 bridgehead atoms. The largest absolute Gasteiger partial charge is 0.508 e. The Balaban J connectivity index is 1.97. The molecule has 0 saturated heterocycles. The Morgan fingerprint density at radius 1 is 1.34 bits per heavy atom. The zero-order valence-electron chi connectivity index (χ0n) is 18.3. The number of unbranched alkanes of at least 4 members (excludes halogenated alkanes) is 1. The van der Waals surface area contributed by atoms with Crippen molar-refractivity contribution in [2.24, 2.45) is 11.8 Å². The quantitative estimate of drug-likeness (QED) is 0.417. The smallest absolute Gasteiger partial charge is 0.315 e. The predicted octanol–water partition coefficient (Wildman–Crippen LogP) is 4.88. The molecule has 1 saturated carbocycles. The van der Waals surface area contributed by atoms with Crippen molar-refractivity contribution in [2.45, 2.75) is 83.7 Å². The lowest BCUT2D eigenvalue weighted by atomic mass is 9.64. The summed E-state index contributed by atoms with van der Waals surface area (Å²) in [6.45, 7) is 10.2. The molecular weight excluding hydrogens is 368 g/mol. The Labute approximate surface area is 173 Å². The van der Waals surface area contributed by atoms with Crippen LogP contribution in [0.25, 0.3) is 0 Å². The second-order valence-corrected chi connectivity index (χ2v) is 9.65. The first-order valence-corrected chi connectivity index (χ1v) is 10.8. The number of ether oxygens (including phenoxy) is 2. The van der Waals surface area contributed by atoms with Gasteiger partial charge in [-0.1, -0.05) is 13.3 Å². The Bertz CT molecular complexity index is 780. The first kappa shape index (κ1) is 21.7. The number of carbonyl (C=O) groups is 2. The average Bonchev–Trinajstić information content (AvgIpc) is 2.66. The van der Waals surface area contributed by atoms with Crippen molar-refractivity contribution < 1.29 is 24.2 Å². The molecule has 1 aromatic rings. The van der Waals surface area contributed by atoms with Gasteiger partial charge in [-0.2, -0.15) is 0 Å². The molecule has 1 fully saturated rings. The number of benzene rings is 1. The highest BCUT2D eigenvalue weighted by atomic mass is 16.5. The number of hydrogen-bond acceptors (Lipinski definition) is 5. The van der Waals surface area contributed by atoms with Crippen LogP contribution in [0.5, 0.6) is 11.5 Å². The normalized spacial score (nSPS) is 25.3. The van der Waals surface area contributed by atoms with Crippen molar-refractivity contribution in [1.29, 1.82) is 0 Å². The van der Waals surface area contributed by atoms with Crippen molar-refractivity contribution in [3.8, 4) is 11.5 Å². The molecule has 160 valence electrons. The highest BCUT2D eigenvalue weighted by Gasteiger charge is 2.48. The summed E-state index contributed by atoms with van der Waals surface area (Å²) < 4.78 is 11.8. The molecule has 2 aliphatic rings. The third-order valence-electron chi connectivity index (χ3n) is 6.80. The van der Waals surface area contributed by atoms with Gasteiger partial charge < -0.3 is 19.4 Å². The maximum absolute atomic E-state index is 12.7. The van der Waals surface area contributed by atoms with Crippen LogP contribution in [0.1, 0.15) is 83.8 Å². The van der Waals surface area contributed by atoms with Crippen LogP contribution in [0.2, 0.25) is 0 Å². The highest BCUT2D eigenvalue weighted by Crippen LogP contribution is 2.55. The van der Waals surface area contributed by atoms with E-state index in [1.807, 2.05) is 26.8 Å². The van der Waals surface area contributed by atoms with Gasteiger partial charge >= 0.3 is 5.97 Å². The van der Waals surface area contributed by atoms with Gasteiger partial charge in [0.2, 0.25) is 0 Å². The van der Waals surface area contributed by atoms with Crippen molar-refractivity contribution in [3.63, 3.8) is 0 Å². The average molecular weight is 403 g/mol. The van der Waals surface area contributed by atoms with Gasteiger partial charge in [0.1, 0.15) is 23.4 Å². The van der Waals surface area contributed by atoms with Crippen molar-refractivity contribution >= 4 is 12.3 Å². The van der Waals surface area contributed by atoms with E-state index in [4.69, 9.17) is 9.47 Å². The van der Waals surface area contributed by atoms with E-state index in [1.54, 1.807) is 6.07 Å². The minimum atomic E-state index is -0.900. The molecule has 1 aliphatic carbocycles. The molecule has 0 aromatic heterocycles. The molecule has 0 amide bonds. The van der Waals surface area contributed by atoms with Gasteiger partial charge in [0.15, 0.2) is 0 Å². The minimum Gasteiger partial charge on any atom is -0.508 e. The molecule has 5 heteroatoms. The van der Waals surface area contributed by atoms with E-state index in [0.29, 0.717) is 17.9 Å². The Morgan fingerprint density at radius 3 is 2.72 bits per heavy atom. The second-order valence-electron chi connectivity index (χ2n) is 9.65. The summed E-state index contributed by atoms with van der Waals surface area (Å²) in [6, 6.07) is 3.54. The van der Waals surface area contributed by atoms with Gasteiger partial charge in [-0.15, -0.1) is 0 Å². The fourth-order valence-electron chi connectivity index (χ4n) is 4.87. The van der Waals surface area contributed by atoms with Crippen LogP contribution >= 0.6 is 0 Å². The number of carbonyl (C=O) groups excluding carboxylic acids is 2. The highest BCUT2D eigenvalue weighted by molar-refractivity contribution is 5.82. The van der Waals surface area contributed by atoms with E-state index in [9.17, 15) is 14.7 Å². The summed E-state index contributed by atoms with van der Waals surface area (Å²) in [5.74, 6) is 0.788. The molecule has 5 nitrogen and oxygen atoms in total. The fourth-order valence-corrected chi connectivity index (χ4v) is 4.87. The van der Waals surface area contributed by atoms with Gasteiger partial charge in [0, 0.05) is 17.4 Å². The van der Waals surface area contributed by atoms with Crippen molar-refractivity contribution in [2.75, 3.05) is 6.61 Å². The third kappa shape index (κ3) is 4.01. The molecular formula is C24H34O5. The standard InChI is InChI=1S/C24H34O5/c1-6-7-10-28-22(27)23(2,3)16-12-19(26)21-17-11-15(14-25)8-9-18(17)24(4,5)29-20(21)13-16/h12-15,17-18,26H,6-11H2,1-5H3/t15-,17?,18-/m1/s1. The first-order chi connectivity index (χ1) is 13.6. The van der Waals surface area contributed by atoms with Crippen molar-refractivity contribution in [3.05, 3.63) is 23.3 Å². The van der Waals surface area contributed by atoms with Crippen LogP contribution in [-0.2, 0) is 19.7 Å². The third-order valence-corrected chi connectivity index (χ3v) is 6.80. The monoisotopic (exact) mass is 402 g/mol. The van der Waals surface area contributed by atoms with Crippen LogP contribution in [0, 0.1) is 11.8 Å². The fraction of sp³-hybridized carbons (Fsp3) is 0.667. The molecule has 1 aromatic carbocycles. The van der Waals surface area contributed by atoms with Crippen LogP contribution in [-0.4, -0.2) is 29.6 Å². The lowest BCUT2D eigenvalue weighted by molar-refractivity contribution is -0.149. The molecule has 1 aliphatic heterocycles. The van der Waals surface area contributed by atoms with Gasteiger partial charge in [-0.3, -0.25) is 4.79 Å². The molecule has 1 heterocycles. The number of phenolic OH excluding ortho intramolecular Hbond substituents is 1. The van der Waals surface area contributed by atoms with E-state index in [1.165, 1.54) is 0 Å². The van der Waals surface area contributed by atoms with E-state index in [0.717, 1.165) is 44.0 Å². The topological polar surface area (TPSA) is 72.8 Å². The van der Waals surface area contributed by atoms with E-state index < -0.39 is 11.0 Å². The SMILES string of the molecule is CCCCOC(=O)C(C)(C)c1cc(O)c2c(c1)OC(C)(C)[C@@H]1CC[C@@H](C=O)CC21. The summed E-state index contributed by atoms with van der Waals surface area (Å²) in [4.78, 5) is 24.1. The lowest BCUT2D eigenvalue weighted by Crippen LogP contribution is -2.47. The molecule has 0 radical (unpaired) electrons. The number of esters is 1. The number of phenols is 1. The summed E-state index contributed by atoms with van der Waals surface area (Å²) >= 11 is 0. The number of aromatic hydroxyl groups is 1. The van der Waals surface area contributed by atoms with E-state index >= 15 is 0 Å². The van der Waals surface area contributed by atoms with Gasteiger partial charge in [0.05, 0.1) is 12.0 Å². The van der Waals surface area contributed by atoms with Crippen LogP contribution in [0.3, 0.4) is 0 Å². The number of hydrogen-bond donors (Lipinski definition) is 1. The van der Waals surface area contributed by atoms with E-state index in [2.05, 4.69) is 13.8 Å². The van der Waals surface area contributed by atoms with Gasteiger partial charge in [-0.05, 0) is 77.0 Å². The molecule has 3 atom stereocenters. The van der Waals surface area contributed by atoms with Crippen LogP contribution < -0.4 is 4.74 Å². The number of rotatable bonds is 6. The maximum atomic E-state index is 12.7. The first-order valence-electron chi connectivity index (χ1n) is 10.8. The molecule has 1 unspecified atom stereocenters. The summed E-state index contributed by atoms with van der Waals surface area (Å²) in [5, 5.41) is 10.9. The van der Waals surface area contributed by atoms with Gasteiger partial charge in [-0.25, -0.2) is 0 Å². The van der Waals surface area contributed by atoms with Crippen LogP contribution in [0.15, 0.2) is 12.1 Å². The number of aldehydes is 1. The molecule has 0 spiro atoms. The van der Waals surface area contributed by atoms with E-state index in [-0.39, 0.29) is 29.5 Å². The summed E-state index contributed by atoms with van der Waals surface area (Å²) in [7, 11) is 0. The Morgan fingerprint density at radius 2 is 2.07 bits per heavy atom. The van der Waals surface area contributed by atoms with Crippen LogP contribution in [0.4, 0.5) is 0 Å². The molecule has 1 N–H and O–H groups in total. The lowest BCUT2D eigenvalue weighted by Gasteiger charge is -2.48. The minimum absolute atomic E-state index is 0.0158. The van der Waals surface area contributed by atoms with Crippen molar-refractivity contribution in [1.82, 2.24) is 0 Å². The molecule has 29 heavy (non-hydrogen) atoms. The summed E-state index contributed by atoms with van der Waals surface area (Å²) in [6.07, 6.45) is 5.32. The Hall–Kier alpha value is -2.04. The molecule has 3 rings (SSSR count). The van der Waals surface area contributed by atoms with Gasteiger partial charge in [0.25, 0.3) is 0 Å². The second kappa shape index (κ2) is 8.00. The maximum Gasteiger partial charge on any atom is 0.315 e. The predicted molar refractivity (Wildman–Crippen MR) is 111 cm³/mol. The summed E-state index contributed by atoms with van der Waals surface area (Å²) in [5.41, 5.74) is 0.150. The Kier molecular flexibility index (Phi) is 5.98. The number of fused-ring (bicyclic) bond motifs is 3. The zero-order chi connectivity index (χ0) is 21.4. The zero-order valence-corrected chi connectivity index (χ0v) is 18.3.